The van der Waals surface area contributed by atoms with Crippen molar-refractivity contribution in [3.05, 3.63) is 20.8 Å². The quantitative estimate of drug-likeness (QED) is 0.844. The lowest BCUT2D eigenvalue weighted by Gasteiger charge is -2.03. The lowest BCUT2D eigenvalue weighted by atomic mass is 10.3. The predicted octanol–water partition coefficient (Wildman–Crippen LogP) is 2.00. The second-order valence-corrected chi connectivity index (χ2v) is 4.31. The maximum absolute atomic E-state index is 11.6. The van der Waals surface area contributed by atoms with E-state index in [0.717, 1.165) is 5.56 Å². The fraction of sp³-hybridized carbons (Fsp3) is 0.400. The summed E-state index contributed by atoms with van der Waals surface area (Å²) < 4.78 is 4.68. The lowest BCUT2D eigenvalue weighted by molar-refractivity contribution is -0.141. The van der Waals surface area contributed by atoms with Gasteiger partial charge in [0, 0.05) is 0 Å². The first-order valence-electron chi connectivity index (χ1n) is 4.73. The Morgan fingerprint density at radius 3 is 2.75 bits per heavy atom. The van der Waals surface area contributed by atoms with Crippen molar-refractivity contribution in [2.24, 2.45) is 0 Å². The molecule has 1 N–H and O–H groups in total. The van der Waals surface area contributed by atoms with Gasteiger partial charge < -0.3 is 10.1 Å². The normalized spacial score (nSPS) is 9.94. The molecule has 0 aliphatic heterocycles. The van der Waals surface area contributed by atoms with Gasteiger partial charge in [-0.05, 0) is 24.8 Å². The second-order valence-electron chi connectivity index (χ2n) is 3.05. The van der Waals surface area contributed by atoms with E-state index in [1.54, 1.807) is 12.3 Å². The van der Waals surface area contributed by atoms with Crippen molar-refractivity contribution in [3.63, 3.8) is 0 Å². The molecule has 0 saturated carbocycles. The zero-order valence-corrected chi connectivity index (χ0v) is 10.6. The van der Waals surface area contributed by atoms with Crippen molar-refractivity contribution in [2.75, 3.05) is 13.2 Å². The Balaban J connectivity index is 2.53. The highest BCUT2D eigenvalue weighted by molar-refractivity contribution is 7.13. The van der Waals surface area contributed by atoms with E-state index in [0.29, 0.717) is 16.5 Å². The number of rotatable bonds is 4. The van der Waals surface area contributed by atoms with Crippen LogP contribution in [0.1, 0.15) is 22.2 Å². The molecule has 0 bridgehead atoms. The summed E-state index contributed by atoms with van der Waals surface area (Å²) in [6.45, 7) is 3.69. The summed E-state index contributed by atoms with van der Waals surface area (Å²) in [7, 11) is 0. The summed E-state index contributed by atoms with van der Waals surface area (Å²) in [4.78, 5) is 23.0. The van der Waals surface area contributed by atoms with Crippen molar-refractivity contribution in [1.82, 2.24) is 5.32 Å². The van der Waals surface area contributed by atoms with Gasteiger partial charge in [0.1, 0.15) is 11.4 Å². The van der Waals surface area contributed by atoms with Gasteiger partial charge in [0.2, 0.25) is 0 Å². The Kier molecular flexibility index (Phi) is 4.76. The zero-order valence-electron chi connectivity index (χ0n) is 9.00. The number of halogens is 1. The number of amides is 1. The maximum atomic E-state index is 11.6. The van der Waals surface area contributed by atoms with Gasteiger partial charge in [-0.3, -0.25) is 9.59 Å². The Morgan fingerprint density at radius 2 is 2.25 bits per heavy atom. The van der Waals surface area contributed by atoms with E-state index >= 15 is 0 Å². The van der Waals surface area contributed by atoms with E-state index in [2.05, 4.69) is 10.1 Å². The molecule has 88 valence electrons. The first-order valence-corrected chi connectivity index (χ1v) is 5.99. The van der Waals surface area contributed by atoms with Crippen LogP contribution >= 0.6 is 22.9 Å². The lowest BCUT2D eigenvalue weighted by Crippen LogP contribution is -2.30. The van der Waals surface area contributed by atoms with Crippen molar-refractivity contribution in [1.29, 1.82) is 0 Å². The van der Waals surface area contributed by atoms with Crippen molar-refractivity contribution >= 4 is 34.8 Å². The number of aryl methyl sites for hydroxylation is 1. The predicted molar refractivity (Wildman–Crippen MR) is 63.0 cm³/mol. The second kappa shape index (κ2) is 5.86. The van der Waals surface area contributed by atoms with Gasteiger partial charge in [-0.25, -0.2) is 0 Å². The molecular weight excluding hydrogens is 250 g/mol. The summed E-state index contributed by atoms with van der Waals surface area (Å²) in [5, 5.41) is 4.68. The Morgan fingerprint density at radius 1 is 1.56 bits per heavy atom. The highest BCUT2D eigenvalue weighted by atomic mass is 35.5. The molecule has 4 nitrogen and oxygen atoms in total. The van der Waals surface area contributed by atoms with Gasteiger partial charge in [0.05, 0.1) is 11.6 Å². The van der Waals surface area contributed by atoms with Gasteiger partial charge >= 0.3 is 5.97 Å². The molecule has 0 aliphatic rings. The van der Waals surface area contributed by atoms with Crippen LogP contribution in [0.5, 0.6) is 0 Å². The molecular formula is C10H12ClNO3S. The first-order chi connectivity index (χ1) is 7.56. The molecule has 0 atom stereocenters. The minimum Gasteiger partial charge on any atom is -0.465 e. The third kappa shape index (κ3) is 3.21. The van der Waals surface area contributed by atoms with Gasteiger partial charge in [-0.1, -0.05) is 11.6 Å². The molecule has 0 aromatic carbocycles. The fourth-order valence-corrected chi connectivity index (χ4v) is 2.22. The molecule has 1 aromatic rings. The molecule has 6 heteroatoms. The molecule has 0 aliphatic carbocycles. The number of carbonyl (C=O) groups is 2. The topological polar surface area (TPSA) is 55.4 Å². The third-order valence-corrected chi connectivity index (χ3v) is 3.50. The summed E-state index contributed by atoms with van der Waals surface area (Å²) in [6.07, 6.45) is 0. The average molecular weight is 262 g/mol. The molecule has 16 heavy (non-hydrogen) atoms. The van der Waals surface area contributed by atoms with Gasteiger partial charge in [0.25, 0.3) is 5.91 Å². The van der Waals surface area contributed by atoms with E-state index in [4.69, 9.17) is 11.6 Å². The molecule has 0 saturated heterocycles. The van der Waals surface area contributed by atoms with Crippen LogP contribution in [0, 0.1) is 6.92 Å². The SMILES string of the molecule is CCOC(=O)CNC(=O)c1scc(C)c1Cl. The molecule has 1 rings (SSSR count). The van der Waals surface area contributed by atoms with E-state index < -0.39 is 5.97 Å². The van der Waals surface area contributed by atoms with Crippen LogP contribution < -0.4 is 5.32 Å². The highest BCUT2D eigenvalue weighted by Crippen LogP contribution is 2.26. The van der Waals surface area contributed by atoms with Crippen molar-refractivity contribution in [2.45, 2.75) is 13.8 Å². The molecule has 0 spiro atoms. The van der Waals surface area contributed by atoms with Gasteiger partial charge in [-0.15, -0.1) is 11.3 Å². The van der Waals surface area contributed by atoms with E-state index in [1.165, 1.54) is 11.3 Å². The van der Waals surface area contributed by atoms with Crippen molar-refractivity contribution < 1.29 is 14.3 Å². The van der Waals surface area contributed by atoms with Crippen LogP contribution in [-0.4, -0.2) is 25.0 Å². The largest absolute Gasteiger partial charge is 0.465 e. The number of hydrogen-bond acceptors (Lipinski definition) is 4. The van der Waals surface area contributed by atoms with Gasteiger partial charge in [-0.2, -0.15) is 0 Å². The summed E-state index contributed by atoms with van der Waals surface area (Å²) in [5.41, 5.74) is 0.855. The molecule has 1 amide bonds. The van der Waals surface area contributed by atoms with Crippen LogP contribution in [0.4, 0.5) is 0 Å². The van der Waals surface area contributed by atoms with Crippen molar-refractivity contribution in [3.8, 4) is 0 Å². The minimum atomic E-state index is -0.458. The number of ether oxygens (including phenoxy) is 1. The molecule has 0 unspecified atom stereocenters. The minimum absolute atomic E-state index is 0.139. The standard InChI is InChI=1S/C10H12ClNO3S/c1-3-15-7(13)4-12-10(14)9-8(11)6(2)5-16-9/h5H,3-4H2,1-2H3,(H,12,14). The summed E-state index contributed by atoms with van der Waals surface area (Å²) >= 11 is 7.17. The Hall–Kier alpha value is -1.07. The summed E-state index contributed by atoms with van der Waals surface area (Å²) in [5.74, 6) is -0.809. The smallest absolute Gasteiger partial charge is 0.325 e. The number of carbonyl (C=O) groups excluding carboxylic acids is 2. The number of thiophene rings is 1. The van der Waals surface area contributed by atoms with Crippen LogP contribution in [0.2, 0.25) is 5.02 Å². The molecule has 1 aromatic heterocycles. The third-order valence-electron chi connectivity index (χ3n) is 1.80. The molecule has 0 fully saturated rings. The monoisotopic (exact) mass is 261 g/mol. The molecule has 0 radical (unpaired) electrons. The van der Waals surface area contributed by atoms with Crippen LogP contribution in [0.3, 0.4) is 0 Å². The van der Waals surface area contributed by atoms with E-state index in [1.807, 2.05) is 6.92 Å². The fourth-order valence-electron chi connectivity index (χ4n) is 1.03. The zero-order chi connectivity index (χ0) is 12.1. The number of hydrogen-bond donors (Lipinski definition) is 1. The summed E-state index contributed by atoms with van der Waals surface area (Å²) in [6, 6.07) is 0. The molecule has 1 heterocycles. The highest BCUT2D eigenvalue weighted by Gasteiger charge is 2.15. The first kappa shape index (κ1) is 13.0. The van der Waals surface area contributed by atoms with Crippen LogP contribution in [0.25, 0.3) is 0 Å². The van der Waals surface area contributed by atoms with E-state index in [-0.39, 0.29) is 12.5 Å². The Labute approximate surface area is 103 Å². The average Bonchev–Trinajstić information content (AvgIpc) is 2.57. The van der Waals surface area contributed by atoms with Gasteiger partial charge in [0.15, 0.2) is 0 Å². The van der Waals surface area contributed by atoms with Crippen LogP contribution in [-0.2, 0) is 9.53 Å². The van der Waals surface area contributed by atoms with E-state index in [9.17, 15) is 9.59 Å². The maximum Gasteiger partial charge on any atom is 0.325 e. The van der Waals surface area contributed by atoms with Crippen LogP contribution in [0.15, 0.2) is 5.38 Å². The number of nitrogens with one attached hydrogen (secondary N) is 1. The number of esters is 1. The Bertz CT molecular complexity index is 403.